The lowest BCUT2D eigenvalue weighted by molar-refractivity contribution is 0.178. The fraction of sp³-hybridized carbons (Fsp3) is 0.250. The highest BCUT2D eigenvalue weighted by molar-refractivity contribution is 9.10. The van der Waals surface area contributed by atoms with Gasteiger partial charge in [-0.3, -0.25) is 0 Å². The van der Waals surface area contributed by atoms with Gasteiger partial charge in [0.1, 0.15) is 0 Å². The van der Waals surface area contributed by atoms with Gasteiger partial charge in [-0.05, 0) is 46.3 Å². The molecule has 0 bridgehead atoms. The van der Waals surface area contributed by atoms with E-state index in [2.05, 4.69) is 57.2 Å². The first-order valence-corrected chi connectivity index (χ1v) is 9.38. The number of hydrogen-bond acceptors (Lipinski definition) is 4. The average Bonchev–Trinajstić information content (AvgIpc) is 2.98. The van der Waals surface area contributed by atoms with E-state index in [1.165, 1.54) is 29.7 Å². The average molecular weight is 378 g/mol. The van der Waals surface area contributed by atoms with Gasteiger partial charge in [0.25, 0.3) is 0 Å². The molecule has 0 saturated carbocycles. The number of ether oxygens (including phenoxy) is 1. The molecule has 3 aliphatic rings. The van der Waals surface area contributed by atoms with Gasteiger partial charge in [0.15, 0.2) is 0 Å². The summed E-state index contributed by atoms with van der Waals surface area (Å²) in [5.41, 5.74) is 1.35. The predicted molar refractivity (Wildman–Crippen MR) is 89.7 cm³/mol. The van der Waals surface area contributed by atoms with Crippen LogP contribution in [0.1, 0.15) is 0 Å². The Morgan fingerprint density at radius 2 is 1.86 bits per heavy atom. The van der Waals surface area contributed by atoms with Crippen LogP contribution in [0.25, 0.3) is 0 Å². The van der Waals surface area contributed by atoms with Crippen molar-refractivity contribution in [2.45, 2.75) is 31.7 Å². The van der Waals surface area contributed by atoms with Crippen LogP contribution in [0.5, 0.6) is 0 Å². The lowest BCUT2D eigenvalue weighted by atomic mass is 10.3. The number of nitrogens with zero attached hydrogens (tertiary/aromatic N) is 1. The Kier molecular flexibility index (Phi) is 2.87. The van der Waals surface area contributed by atoms with Gasteiger partial charge in [0, 0.05) is 29.7 Å². The molecule has 2 aromatic carbocycles. The predicted octanol–water partition coefficient (Wildman–Crippen LogP) is 4.65. The monoisotopic (exact) mass is 377 g/mol. The maximum Gasteiger partial charge on any atom is 0.0754 e. The number of morpholine rings is 1. The van der Waals surface area contributed by atoms with Crippen molar-refractivity contribution in [1.82, 2.24) is 0 Å². The summed E-state index contributed by atoms with van der Waals surface area (Å²) < 4.78 is 6.66. The van der Waals surface area contributed by atoms with E-state index in [0.717, 1.165) is 13.2 Å². The normalized spacial score (nSPS) is 25.3. The van der Waals surface area contributed by atoms with E-state index in [1.807, 2.05) is 23.5 Å². The first-order chi connectivity index (χ1) is 10.3. The number of halogens is 1. The third-order valence-electron chi connectivity index (χ3n) is 4.23. The molecule has 5 rings (SSSR count). The summed E-state index contributed by atoms with van der Waals surface area (Å²) in [6.45, 7) is 1.78. The van der Waals surface area contributed by atoms with E-state index < -0.39 is 0 Å². The van der Waals surface area contributed by atoms with Crippen LogP contribution in [0.3, 0.4) is 0 Å². The van der Waals surface area contributed by atoms with Crippen molar-refractivity contribution < 1.29 is 4.74 Å². The Balaban J connectivity index is 1.50. The maximum absolute atomic E-state index is 5.47. The van der Waals surface area contributed by atoms with Crippen molar-refractivity contribution in [2.24, 2.45) is 0 Å². The van der Waals surface area contributed by atoms with Crippen LogP contribution >= 0.6 is 39.5 Å². The van der Waals surface area contributed by atoms with Gasteiger partial charge in [-0.1, -0.05) is 29.6 Å². The smallest absolute Gasteiger partial charge is 0.0754 e. The number of rotatable bonds is 1. The summed E-state index contributed by atoms with van der Waals surface area (Å²) >= 11 is 7.39. The minimum Gasteiger partial charge on any atom is -0.377 e. The molecule has 0 radical (unpaired) electrons. The Hall–Kier alpha value is -0.620. The fourth-order valence-corrected chi connectivity index (χ4v) is 6.15. The molecule has 3 heterocycles. The molecule has 2 saturated heterocycles. The highest BCUT2D eigenvalue weighted by Gasteiger charge is 2.51. The lowest BCUT2D eigenvalue weighted by Crippen LogP contribution is -2.11. The molecule has 0 aromatic heterocycles. The fourth-order valence-electron chi connectivity index (χ4n) is 3.13. The van der Waals surface area contributed by atoms with Crippen LogP contribution in [0.2, 0.25) is 0 Å². The Labute approximate surface area is 140 Å². The molecule has 0 spiro atoms. The Morgan fingerprint density at radius 1 is 1.00 bits per heavy atom. The van der Waals surface area contributed by atoms with Crippen molar-refractivity contribution in [3.8, 4) is 0 Å². The standard InChI is InChI=1S/C16H12BrNOS2/c17-10-2-1-3-14-16(10)21-13-5-4-9(6-15(13)20-14)18-11-7-19-8-12(11)18/h1-6,11-12H,7-8H2/t11-,12?,18?/m0/s1. The van der Waals surface area contributed by atoms with Crippen molar-refractivity contribution in [1.29, 1.82) is 0 Å². The molecular formula is C16H12BrNOS2. The second-order valence-electron chi connectivity index (χ2n) is 5.48. The quantitative estimate of drug-likeness (QED) is 0.571. The maximum atomic E-state index is 5.47. The number of anilines is 1. The first-order valence-electron chi connectivity index (χ1n) is 6.95. The van der Waals surface area contributed by atoms with Gasteiger partial charge >= 0.3 is 0 Å². The van der Waals surface area contributed by atoms with E-state index in [1.54, 1.807) is 0 Å². The van der Waals surface area contributed by atoms with E-state index in [4.69, 9.17) is 4.74 Å². The number of benzene rings is 2. The van der Waals surface area contributed by atoms with Gasteiger partial charge in [-0.25, -0.2) is 0 Å². The molecule has 2 atom stereocenters. The van der Waals surface area contributed by atoms with Crippen molar-refractivity contribution in [2.75, 3.05) is 18.1 Å². The minimum absolute atomic E-state index is 0.616. The van der Waals surface area contributed by atoms with Crippen LogP contribution in [-0.4, -0.2) is 25.3 Å². The Bertz CT molecular complexity index is 741. The minimum atomic E-state index is 0.616. The summed E-state index contributed by atoms with van der Waals surface area (Å²) in [6, 6.07) is 14.5. The largest absolute Gasteiger partial charge is 0.377 e. The lowest BCUT2D eigenvalue weighted by Gasteiger charge is -2.21. The van der Waals surface area contributed by atoms with Gasteiger partial charge in [0.05, 0.1) is 25.3 Å². The van der Waals surface area contributed by atoms with Crippen molar-refractivity contribution in [3.63, 3.8) is 0 Å². The summed E-state index contributed by atoms with van der Waals surface area (Å²) in [7, 11) is 0. The molecule has 0 N–H and O–H groups in total. The molecule has 0 aliphatic carbocycles. The molecule has 2 fully saturated rings. The van der Waals surface area contributed by atoms with Gasteiger partial charge in [-0.15, -0.1) is 0 Å². The SMILES string of the molecule is Brc1cccc2c1Sc1ccc(N3C4COC[C@@H]43)cc1S2. The molecule has 0 amide bonds. The first kappa shape index (κ1) is 12.9. The van der Waals surface area contributed by atoms with Crippen LogP contribution in [0.15, 0.2) is 60.5 Å². The molecule has 1 unspecified atom stereocenters. The molecule has 5 heteroatoms. The van der Waals surface area contributed by atoms with Crippen molar-refractivity contribution >= 4 is 45.1 Å². The summed E-state index contributed by atoms with van der Waals surface area (Å²) in [5.74, 6) is 0. The second kappa shape index (κ2) is 4.69. The molecule has 21 heavy (non-hydrogen) atoms. The van der Waals surface area contributed by atoms with Crippen LogP contribution in [0, 0.1) is 0 Å². The zero-order valence-corrected chi connectivity index (χ0v) is 14.3. The molecule has 3 aliphatic heterocycles. The van der Waals surface area contributed by atoms with Crippen LogP contribution in [-0.2, 0) is 4.74 Å². The molecule has 106 valence electrons. The van der Waals surface area contributed by atoms with Gasteiger partial charge in [0.2, 0.25) is 0 Å². The van der Waals surface area contributed by atoms with E-state index in [-0.39, 0.29) is 0 Å². The summed E-state index contributed by atoms with van der Waals surface area (Å²) in [4.78, 5) is 7.89. The van der Waals surface area contributed by atoms with Crippen molar-refractivity contribution in [3.05, 3.63) is 40.9 Å². The molecular weight excluding hydrogens is 366 g/mol. The topological polar surface area (TPSA) is 12.2 Å². The number of hydrogen-bond donors (Lipinski definition) is 0. The highest BCUT2D eigenvalue weighted by Crippen LogP contribution is 2.52. The highest BCUT2D eigenvalue weighted by atomic mass is 79.9. The van der Waals surface area contributed by atoms with Crippen LogP contribution < -0.4 is 4.90 Å². The molecule has 2 nitrogen and oxygen atoms in total. The zero-order valence-electron chi connectivity index (χ0n) is 11.1. The van der Waals surface area contributed by atoms with E-state index in [9.17, 15) is 0 Å². The Morgan fingerprint density at radius 3 is 2.71 bits per heavy atom. The summed E-state index contributed by atoms with van der Waals surface area (Å²) in [6.07, 6.45) is 0. The molecule has 2 aromatic rings. The third kappa shape index (κ3) is 1.98. The zero-order chi connectivity index (χ0) is 14.0. The summed E-state index contributed by atoms with van der Waals surface area (Å²) in [5, 5.41) is 0. The van der Waals surface area contributed by atoms with E-state index in [0.29, 0.717) is 12.1 Å². The second-order valence-corrected chi connectivity index (χ2v) is 8.47. The van der Waals surface area contributed by atoms with E-state index >= 15 is 0 Å². The van der Waals surface area contributed by atoms with Gasteiger partial charge < -0.3 is 9.64 Å². The number of fused-ring (bicyclic) bond motifs is 3. The van der Waals surface area contributed by atoms with Crippen LogP contribution in [0.4, 0.5) is 5.69 Å². The van der Waals surface area contributed by atoms with Gasteiger partial charge in [-0.2, -0.15) is 0 Å². The third-order valence-corrected chi connectivity index (χ3v) is 7.75.